The van der Waals surface area contributed by atoms with E-state index in [-0.39, 0.29) is 0 Å². The second kappa shape index (κ2) is 6.53. The lowest BCUT2D eigenvalue weighted by molar-refractivity contribution is 0.229. The molecule has 0 atom stereocenters. The van der Waals surface area contributed by atoms with Crippen LogP contribution in [0.1, 0.15) is 11.1 Å². The zero-order valence-electron chi connectivity index (χ0n) is 10.8. The lowest BCUT2D eigenvalue weighted by Crippen LogP contribution is -1.99. The number of nitriles is 1. The van der Waals surface area contributed by atoms with Crippen molar-refractivity contribution in [1.29, 1.82) is 5.26 Å². The summed E-state index contributed by atoms with van der Waals surface area (Å²) in [7, 11) is 1.60. The Morgan fingerprint density at radius 3 is 1.79 bits per heavy atom. The fourth-order valence-corrected chi connectivity index (χ4v) is 2.03. The molecule has 0 amide bonds. The van der Waals surface area contributed by atoms with Gasteiger partial charge in [-0.25, -0.2) is 0 Å². The van der Waals surface area contributed by atoms with Gasteiger partial charge in [-0.15, -0.1) is 0 Å². The van der Waals surface area contributed by atoms with E-state index in [4.69, 9.17) is 4.74 Å². The number of ether oxygens (including phenoxy) is 1. The van der Waals surface area contributed by atoms with Gasteiger partial charge in [0.1, 0.15) is 0 Å². The summed E-state index contributed by atoms with van der Waals surface area (Å²) in [5.41, 5.74) is 3.63. The van der Waals surface area contributed by atoms with E-state index < -0.39 is 0 Å². The summed E-state index contributed by atoms with van der Waals surface area (Å²) in [6, 6.07) is 22.1. The molecule has 0 fully saturated rings. The summed E-state index contributed by atoms with van der Waals surface area (Å²) in [6.07, 6.45) is 0. The van der Waals surface area contributed by atoms with E-state index in [9.17, 15) is 5.26 Å². The highest BCUT2D eigenvalue weighted by molar-refractivity contribution is 5.84. The van der Waals surface area contributed by atoms with Gasteiger partial charge in [0.2, 0.25) is 0 Å². The van der Waals surface area contributed by atoms with Crippen LogP contribution in [0.25, 0.3) is 5.57 Å². The van der Waals surface area contributed by atoms with Crippen LogP contribution in [0.3, 0.4) is 0 Å². The summed E-state index contributed by atoms with van der Waals surface area (Å²) in [4.78, 5) is 0. The van der Waals surface area contributed by atoms with Crippen molar-refractivity contribution in [3.05, 3.63) is 77.4 Å². The van der Waals surface area contributed by atoms with Crippen molar-refractivity contribution >= 4 is 5.57 Å². The first-order valence-corrected chi connectivity index (χ1v) is 6.10. The van der Waals surface area contributed by atoms with Gasteiger partial charge in [-0.3, -0.25) is 0 Å². The smallest absolute Gasteiger partial charge is 0.0978 e. The van der Waals surface area contributed by atoms with E-state index in [0.717, 1.165) is 16.7 Å². The van der Waals surface area contributed by atoms with Gasteiger partial charge in [-0.2, -0.15) is 5.26 Å². The number of hydrogen-bond donors (Lipinski definition) is 0. The maximum atomic E-state index is 9.36. The van der Waals surface area contributed by atoms with Crippen LogP contribution in [0.15, 0.2) is 66.2 Å². The minimum Gasteiger partial charge on any atom is -0.379 e. The van der Waals surface area contributed by atoms with Crippen LogP contribution in [-0.2, 0) is 4.74 Å². The summed E-state index contributed by atoms with van der Waals surface area (Å²) >= 11 is 0. The standard InChI is InChI=1S/C17H15NO/c1-19-13-16(12-18)17(14-8-4-2-5-9-14)15-10-6-3-7-11-15/h2-11H,13H2,1H3. The molecule has 0 aliphatic rings. The maximum Gasteiger partial charge on any atom is 0.0978 e. The van der Waals surface area contributed by atoms with E-state index in [2.05, 4.69) is 6.07 Å². The van der Waals surface area contributed by atoms with Gasteiger partial charge in [-0.1, -0.05) is 60.7 Å². The zero-order valence-corrected chi connectivity index (χ0v) is 10.8. The third-order valence-electron chi connectivity index (χ3n) is 2.85. The molecular weight excluding hydrogens is 234 g/mol. The highest BCUT2D eigenvalue weighted by Crippen LogP contribution is 2.26. The average molecular weight is 249 g/mol. The summed E-state index contributed by atoms with van der Waals surface area (Å²) < 4.78 is 5.14. The molecule has 2 aromatic carbocycles. The van der Waals surface area contributed by atoms with Gasteiger partial charge in [0.25, 0.3) is 0 Å². The van der Waals surface area contributed by atoms with Crippen molar-refractivity contribution in [3.63, 3.8) is 0 Å². The quantitative estimate of drug-likeness (QED) is 0.775. The van der Waals surface area contributed by atoms with Crippen molar-refractivity contribution in [1.82, 2.24) is 0 Å². The average Bonchev–Trinajstić information content (AvgIpc) is 2.49. The minimum absolute atomic E-state index is 0.315. The molecule has 0 unspecified atom stereocenters. The van der Waals surface area contributed by atoms with E-state index in [1.807, 2.05) is 60.7 Å². The van der Waals surface area contributed by atoms with Crippen molar-refractivity contribution in [2.75, 3.05) is 13.7 Å². The zero-order chi connectivity index (χ0) is 13.5. The molecule has 2 aromatic rings. The third-order valence-corrected chi connectivity index (χ3v) is 2.85. The van der Waals surface area contributed by atoms with Gasteiger partial charge in [0, 0.05) is 12.7 Å². The Balaban J connectivity index is 2.61. The summed E-state index contributed by atoms with van der Waals surface area (Å²) in [5, 5.41) is 9.36. The minimum atomic E-state index is 0.315. The predicted octanol–water partition coefficient (Wildman–Crippen LogP) is 3.66. The fourth-order valence-electron chi connectivity index (χ4n) is 2.03. The molecular formula is C17H15NO. The number of nitrogens with zero attached hydrogens (tertiary/aromatic N) is 1. The van der Waals surface area contributed by atoms with Crippen molar-refractivity contribution in [2.45, 2.75) is 0 Å². The lowest BCUT2D eigenvalue weighted by atomic mass is 9.94. The number of methoxy groups -OCH3 is 1. The molecule has 0 saturated carbocycles. The van der Waals surface area contributed by atoms with Gasteiger partial charge in [-0.05, 0) is 11.1 Å². The Hall–Kier alpha value is -2.37. The largest absolute Gasteiger partial charge is 0.379 e. The summed E-state index contributed by atoms with van der Waals surface area (Å²) in [6.45, 7) is 0.315. The van der Waals surface area contributed by atoms with E-state index in [1.165, 1.54) is 0 Å². The van der Waals surface area contributed by atoms with Crippen LogP contribution in [-0.4, -0.2) is 13.7 Å². The number of hydrogen-bond acceptors (Lipinski definition) is 2. The lowest BCUT2D eigenvalue weighted by Gasteiger charge is -2.11. The number of benzene rings is 2. The molecule has 19 heavy (non-hydrogen) atoms. The molecule has 0 spiro atoms. The highest BCUT2D eigenvalue weighted by atomic mass is 16.5. The molecule has 2 heteroatoms. The SMILES string of the molecule is COCC(C#N)=C(c1ccccc1)c1ccccc1. The Labute approximate surface area is 113 Å². The van der Waals surface area contributed by atoms with Crippen LogP contribution in [0, 0.1) is 11.3 Å². The van der Waals surface area contributed by atoms with Crippen molar-refractivity contribution < 1.29 is 4.74 Å². The highest BCUT2D eigenvalue weighted by Gasteiger charge is 2.11. The van der Waals surface area contributed by atoms with Gasteiger partial charge >= 0.3 is 0 Å². The van der Waals surface area contributed by atoms with Gasteiger partial charge in [0.15, 0.2) is 0 Å². The molecule has 0 saturated heterocycles. The van der Waals surface area contributed by atoms with Crippen LogP contribution in [0.5, 0.6) is 0 Å². The van der Waals surface area contributed by atoms with Crippen LogP contribution < -0.4 is 0 Å². The Morgan fingerprint density at radius 1 is 0.947 bits per heavy atom. The molecule has 0 aromatic heterocycles. The molecule has 0 heterocycles. The van der Waals surface area contributed by atoms with Gasteiger partial charge in [0.05, 0.1) is 18.2 Å². The monoisotopic (exact) mass is 249 g/mol. The first-order valence-electron chi connectivity index (χ1n) is 6.10. The maximum absolute atomic E-state index is 9.36. The Morgan fingerprint density at radius 2 is 1.42 bits per heavy atom. The molecule has 0 aliphatic heterocycles. The molecule has 0 radical (unpaired) electrons. The molecule has 0 N–H and O–H groups in total. The second-order valence-corrected chi connectivity index (χ2v) is 4.13. The van der Waals surface area contributed by atoms with E-state index >= 15 is 0 Å². The van der Waals surface area contributed by atoms with Crippen LogP contribution in [0.2, 0.25) is 0 Å². The second-order valence-electron chi connectivity index (χ2n) is 4.13. The predicted molar refractivity (Wildman–Crippen MR) is 76.4 cm³/mol. The third kappa shape index (κ3) is 3.09. The first kappa shape index (κ1) is 13.1. The Bertz CT molecular complexity index is 553. The van der Waals surface area contributed by atoms with Crippen molar-refractivity contribution in [3.8, 4) is 6.07 Å². The normalized spacial score (nSPS) is 9.68. The van der Waals surface area contributed by atoms with Crippen LogP contribution in [0.4, 0.5) is 0 Å². The molecule has 0 aliphatic carbocycles. The van der Waals surface area contributed by atoms with Crippen molar-refractivity contribution in [2.24, 2.45) is 0 Å². The topological polar surface area (TPSA) is 33.0 Å². The van der Waals surface area contributed by atoms with E-state index in [0.29, 0.717) is 12.2 Å². The van der Waals surface area contributed by atoms with Gasteiger partial charge < -0.3 is 4.74 Å². The number of rotatable bonds is 4. The summed E-state index contributed by atoms with van der Waals surface area (Å²) in [5.74, 6) is 0. The molecule has 94 valence electrons. The fraction of sp³-hybridized carbons (Fsp3) is 0.118. The Kier molecular flexibility index (Phi) is 4.49. The molecule has 0 bridgehead atoms. The van der Waals surface area contributed by atoms with E-state index in [1.54, 1.807) is 7.11 Å². The first-order chi connectivity index (χ1) is 9.36. The molecule has 2 nitrogen and oxygen atoms in total. The van der Waals surface area contributed by atoms with Crippen LogP contribution >= 0.6 is 0 Å². The molecule has 2 rings (SSSR count).